The number of hydrogen-bond acceptors (Lipinski definition) is 2. The van der Waals surface area contributed by atoms with Crippen molar-refractivity contribution in [2.45, 2.75) is 38.6 Å². The Morgan fingerprint density at radius 3 is 3.00 bits per heavy atom. The third kappa shape index (κ3) is 2.60. The van der Waals surface area contributed by atoms with Crippen LogP contribution in [0.2, 0.25) is 0 Å². The summed E-state index contributed by atoms with van der Waals surface area (Å²) in [5.74, 6) is 1.93. The van der Waals surface area contributed by atoms with Gasteiger partial charge < -0.3 is 9.64 Å². The van der Waals surface area contributed by atoms with Crippen LogP contribution in [-0.2, 0) is 17.6 Å². The van der Waals surface area contributed by atoms with E-state index in [-0.39, 0.29) is 5.91 Å². The molecule has 1 fully saturated rings. The molecule has 0 N–H and O–H groups in total. The molecule has 2 aliphatic rings. The third-order valence-corrected chi connectivity index (χ3v) is 4.42. The first kappa shape index (κ1) is 12.5. The third-order valence-electron chi connectivity index (χ3n) is 4.42. The molecule has 0 saturated heterocycles. The monoisotopic (exact) mass is 259 g/mol. The molecule has 1 heterocycles. The van der Waals surface area contributed by atoms with Gasteiger partial charge in [0.25, 0.3) is 0 Å². The first-order valence-corrected chi connectivity index (χ1v) is 7.15. The molecule has 1 aromatic rings. The normalized spacial score (nSPS) is 18.6. The number of likely N-dealkylation sites (N-methyl/N-ethyl adjacent to an activating group) is 1. The number of carbonyl (C=O) groups excluding carboxylic acids is 1. The Labute approximate surface area is 114 Å². The summed E-state index contributed by atoms with van der Waals surface area (Å²) in [6, 6.07) is 6.51. The summed E-state index contributed by atoms with van der Waals surface area (Å²) < 4.78 is 5.49. The summed E-state index contributed by atoms with van der Waals surface area (Å²) in [5, 5.41) is 0. The fraction of sp³-hybridized carbons (Fsp3) is 0.562. The van der Waals surface area contributed by atoms with E-state index in [1.165, 1.54) is 18.4 Å². The maximum Gasteiger partial charge on any atom is 0.226 e. The van der Waals surface area contributed by atoms with E-state index in [1.807, 2.05) is 24.1 Å². The van der Waals surface area contributed by atoms with Crippen molar-refractivity contribution in [3.63, 3.8) is 0 Å². The molecule has 1 aliphatic carbocycles. The SMILES string of the molecule is CC(C1CC1)N(C)C(=O)Cc1ccc2c(c1)CCO2. The number of carbonyl (C=O) groups is 1. The zero-order valence-electron chi connectivity index (χ0n) is 11.7. The van der Waals surface area contributed by atoms with Crippen LogP contribution in [0.15, 0.2) is 18.2 Å². The lowest BCUT2D eigenvalue weighted by molar-refractivity contribution is -0.131. The standard InChI is InChI=1S/C16H21NO2/c1-11(13-4-5-13)17(2)16(18)10-12-3-6-15-14(9-12)7-8-19-15/h3,6,9,11,13H,4-5,7-8,10H2,1-2H3. The van der Waals surface area contributed by atoms with Gasteiger partial charge in [0.15, 0.2) is 0 Å². The average Bonchev–Trinajstić information content (AvgIpc) is 3.15. The molecule has 102 valence electrons. The van der Waals surface area contributed by atoms with Gasteiger partial charge in [-0.05, 0) is 42.9 Å². The van der Waals surface area contributed by atoms with Gasteiger partial charge in [0.05, 0.1) is 13.0 Å². The van der Waals surface area contributed by atoms with Gasteiger partial charge in [-0.15, -0.1) is 0 Å². The zero-order chi connectivity index (χ0) is 13.4. The quantitative estimate of drug-likeness (QED) is 0.831. The molecule has 0 radical (unpaired) electrons. The van der Waals surface area contributed by atoms with Crippen LogP contribution in [0, 0.1) is 5.92 Å². The molecule has 1 atom stereocenters. The molecule has 19 heavy (non-hydrogen) atoms. The summed E-state index contributed by atoms with van der Waals surface area (Å²) in [4.78, 5) is 14.2. The van der Waals surface area contributed by atoms with Crippen molar-refractivity contribution in [2.24, 2.45) is 5.92 Å². The molecule has 0 bridgehead atoms. The molecule has 1 amide bonds. The fourth-order valence-corrected chi connectivity index (χ4v) is 2.77. The highest BCUT2D eigenvalue weighted by Gasteiger charge is 2.32. The lowest BCUT2D eigenvalue weighted by Gasteiger charge is -2.25. The van der Waals surface area contributed by atoms with Crippen LogP contribution in [0.4, 0.5) is 0 Å². The summed E-state index contributed by atoms with van der Waals surface area (Å²) in [6.07, 6.45) is 4.01. The fourth-order valence-electron chi connectivity index (χ4n) is 2.77. The van der Waals surface area contributed by atoms with Gasteiger partial charge in [0.1, 0.15) is 5.75 Å². The number of ether oxygens (including phenoxy) is 1. The molecule has 0 spiro atoms. The second-order valence-corrected chi connectivity index (χ2v) is 5.80. The van der Waals surface area contributed by atoms with E-state index in [0.29, 0.717) is 12.5 Å². The number of rotatable bonds is 4. The van der Waals surface area contributed by atoms with Crippen LogP contribution in [-0.4, -0.2) is 30.5 Å². The highest BCUT2D eigenvalue weighted by Crippen LogP contribution is 2.35. The van der Waals surface area contributed by atoms with Gasteiger partial charge in [-0.25, -0.2) is 0 Å². The summed E-state index contributed by atoms with van der Waals surface area (Å²) in [5.41, 5.74) is 2.34. The van der Waals surface area contributed by atoms with Crippen molar-refractivity contribution in [3.05, 3.63) is 29.3 Å². The Kier molecular flexibility index (Phi) is 3.21. The van der Waals surface area contributed by atoms with E-state index in [9.17, 15) is 4.79 Å². The molecule has 0 aromatic heterocycles. The van der Waals surface area contributed by atoms with Crippen LogP contribution in [0.25, 0.3) is 0 Å². The molecule has 1 saturated carbocycles. The predicted octanol–water partition coefficient (Wildman–Crippen LogP) is 2.42. The minimum absolute atomic E-state index is 0.221. The van der Waals surface area contributed by atoms with E-state index in [4.69, 9.17) is 4.74 Å². The van der Waals surface area contributed by atoms with E-state index in [1.54, 1.807) is 0 Å². The van der Waals surface area contributed by atoms with Crippen molar-refractivity contribution in [2.75, 3.05) is 13.7 Å². The van der Waals surface area contributed by atoms with Crippen LogP contribution in [0.3, 0.4) is 0 Å². The molecule has 1 aliphatic heterocycles. The second-order valence-electron chi connectivity index (χ2n) is 5.80. The van der Waals surface area contributed by atoms with Crippen LogP contribution < -0.4 is 4.74 Å². The minimum Gasteiger partial charge on any atom is -0.493 e. The summed E-state index contributed by atoms with van der Waals surface area (Å²) in [6.45, 7) is 2.93. The number of fused-ring (bicyclic) bond motifs is 1. The minimum atomic E-state index is 0.221. The molecular weight excluding hydrogens is 238 g/mol. The zero-order valence-corrected chi connectivity index (χ0v) is 11.7. The maximum atomic E-state index is 12.3. The van der Waals surface area contributed by atoms with Crippen LogP contribution >= 0.6 is 0 Å². The van der Waals surface area contributed by atoms with Crippen molar-refractivity contribution in [1.29, 1.82) is 0 Å². The molecule has 1 aromatic carbocycles. The Morgan fingerprint density at radius 1 is 1.47 bits per heavy atom. The van der Waals surface area contributed by atoms with E-state index >= 15 is 0 Å². The Morgan fingerprint density at radius 2 is 2.26 bits per heavy atom. The Bertz CT molecular complexity index is 494. The first-order chi connectivity index (χ1) is 9.15. The second kappa shape index (κ2) is 4.87. The van der Waals surface area contributed by atoms with E-state index in [2.05, 4.69) is 13.0 Å². The number of nitrogens with zero attached hydrogens (tertiary/aromatic N) is 1. The number of benzene rings is 1. The molecule has 3 heteroatoms. The van der Waals surface area contributed by atoms with Crippen molar-refractivity contribution >= 4 is 5.91 Å². The van der Waals surface area contributed by atoms with Crippen molar-refractivity contribution in [1.82, 2.24) is 4.90 Å². The van der Waals surface area contributed by atoms with Gasteiger partial charge >= 0.3 is 0 Å². The number of hydrogen-bond donors (Lipinski definition) is 0. The van der Waals surface area contributed by atoms with E-state index in [0.717, 1.165) is 30.3 Å². The molecule has 3 rings (SSSR count). The average molecular weight is 259 g/mol. The van der Waals surface area contributed by atoms with Crippen LogP contribution in [0.5, 0.6) is 5.75 Å². The lowest BCUT2D eigenvalue weighted by atomic mass is 10.1. The summed E-state index contributed by atoms with van der Waals surface area (Å²) >= 11 is 0. The van der Waals surface area contributed by atoms with Crippen molar-refractivity contribution < 1.29 is 9.53 Å². The molecular formula is C16H21NO2. The highest BCUT2D eigenvalue weighted by atomic mass is 16.5. The Balaban J connectivity index is 1.65. The van der Waals surface area contributed by atoms with Gasteiger partial charge in [0.2, 0.25) is 5.91 Å². The van der Waals surface area contributed by atoms with Gasteiger partial charge in [-0.1, -0.05) is 12.1 Å². The Hall–Kier alpha value is -1.51. The van der Waals surface area contributed by atoms with Crippen molar-refractivity contribution in [3.8, 4) is 5.75 Å². The largest absolute Gasteiger partial charge is 0.493 e. The number of amides is 1. The smallest absolute Gasteiger partial charge is 0.226 e. The predicted molar refractivity (Wildman–Crippen MR) is 74.3 cm³/mol. The maximum absolute atomic E-state index is 12.3. The molecule has 3 nitrogen and oxygen atoms in total. The topological polar surface area (TPSA) is 29.5 Å². The first-order valence-electron chi connectivity index (χ1n) is 7.15. The molecule has 1 unspecified atom stereocenters. The van der Waals surface area contributed by atoms with Gasteiger partial charge in [-0.3, -0.25) is 4.79 Å². The van der Waals surface area contributed by atoms with E-state index < -0.39 is 0 Å². The lowest BCUT2D eigenvalue weighted by Crippen LogP contribution is -2.37. The highest BCUT2D eigenvalue weighted by molar-refractivity contribution is 5.79. The van der Waals surface area contributed by atoms with Gasteiger partial charge in [-0.2, -0.15) is 0 Å². The summed E-state index contributed by atoms with van der Waals surface area (Å²) in [7, 11) is 1.93. The van der Waals surface area contributed by atoms with Crippen LogP contribution in [0.1, 0.15) is 30.9 Å². The van der Waals surface area contributed by atoms with Gasteiger partial charge in [0, 0.05) is 19.5 Å².